The summed E-state index contributed by atoms with van der Waals surface area (Å²) in [6.45, 7) is 1.87. The molecule has 1 aliphatic rings. The molecule has 0 spiro atoms. The lowest BCUT2D eigenvalue weighted by molar-refractivity contribution is 0.0661. The highest BCUT2D eigenvalue weighted by molar-refractivity contribution is 6.30. The first-order chi connectivity index (χ1) is 14.1. The molecule has 0 bridgehead atoms. The summed E-state index contributed by atoms with van der Waals surface area (Å²) in [5.41, 5.74) is 1.38. The maximum atomic E-state index is 12.7. The second kappa shape index (κ2) is 8.57. The van der Waals surface area contributed by atoms with E-state index >= 15 is 0 Å². The number of carbonyl (C=O) groups is 2. The number of hydrogen-bond acceptors (Lipinski definition) is 3. The van der Waals surface area contributed by atoms with Crippen molar-refractivity contribution >= 4 is 40.2 Å². The van der Waals surface area contributed by atoms with Gasteiger partial charge in [-0.1, -0.05) is 35.9 Å². The average Bonchev–Trinajstić information content (AvgIpc) is 3.16. The number of rotatable bonds is 4. The predicted octanol–water partition coefficient (Wildman–Crippen LogP) is 4.76. The summed E-state index contributed by atoms with van der Waals surface area (Å²) in [4.78, 5) is 26.6. The van der Waals surface area contributed by atoms with Gasteiger partial charge in [0.05, 0.1) is 0 Å². The van der Waals surface area contributed by atoms with Crippen molar-refractivity contribution in [3.05, 3.63) is 65.4 Å². The molecule has 6 nitrogen and oxygen atoms in total. The number of nitrogens with zero attached hydrogens (tertiary/aromatic N) is 1. The summed E-state index contributed by atoms with van der Waals surface area (Å²) in [5, 5.41) is 7.18. The topological polar surface area (TPSA) is 74.6 Å². The smallest absolute Gasteiger partial charge is 0.319 e. The number of nitrogens with one attached hydrogen (secondary N) is 2. The molecule has 1 fully saturated rings. The molecule has 0 radical (unpaired) electrons. The highest BCUT2D eigenvalue weighted by Crippen LogP contribution is 2.23. The Labute approximate surface area is 173 Å². The van der Waals surface area contributed by atoms with Gasteiger partial charge in [0.1, 0.15) is 5.58 Å². The van der Waals surface area contributed by atoms with Gasteiger partial charge in [-0.05, 0) is 49.1 Å². The van der Waals surface area contributed by atoms with Crippen LogP contribution in [0, 0.1) is 5.92 Å². The molecule has 2 heterocycles. The van der Waals surface area contributed by atoms with Crippen molar-refractivity contribution in [2.45, 2.75) is 12.8 Å². The van der Waals surface area contributed by atoms with E-state index in [4.69, 9.17) is 16.0 Å². The molecule has 1 aromatic heterocycles. The van der Waals surface area contributed by atoms with Crippen molar-refractivity contribution in [3.63, 3.8) is 0 Å². The first kappa shape index (κ1) is 19.3. The SMILES string of the molecule is O=C(NCC1CCN(C(=O)c2cc3ccccc3o2)CC1)Nc1cccc(Cl)c1. The number of furan rings is 1. The molecule has 2 N–H and O–H groups in total. The molecule has 3 amide bonds. The molecule has 29 heavy (non-hydrogen) atoms. The first-order valence-electron chi connectivity index (χ1n) is 9.67. The van der Waals surface area contributed by atoms with Crippen LogP contribution in [0.4, 0.5) is 10.5 Å². The molecule has 0 atom stereocenters. The zero-order valence-electron chi connectivity index (χ0n) is 15.9. The van der Waals surface area contributed by atoms with E-state index in [1.165, 1.54) is 0 Å². The summed E-state index contributed by atoms with van der Waals surface area (Å²) < 4.78 is 5.69. The fraction of sp³-hybridized carbons (Fsp3) is 0.273. The molecule has 1 aliphatic heterocycles. The molecular weight excluding hydrogens is 390 g/mol. The minimum absolute atomic E-state index is 0.0775. The molecule has 4 rings (SSSR count). The van der Waals surface area contributed by atoms with Gasteiger partial charge in [-0.15, -0.1) is 0 Å². The highest BCUT2D eigenvalue weighted by atomic mass is 35.5. The van der Waals surface area contributed by atoms with Gasteiger partial charge in [0.2, 0.25) is 0 Å². The van der Waals surface area contributed by atoms with Crippen LogP contribution in [0.3, 0.4) is 0 Å². The molecular formula is C22H22ClN3O3. The molecule has 3 aromatic rings. The zero-order chi connectivity index (χ0) is 20.2. The lowest BCUT2D eigenvalue weighted by Crippen LogP contribution is -2.42. The number of halogens is 1. The van der Waals surface area contributed by atoms with Gasteiger partial charge in [0.25, 0.3) is 5.91 Å². The molecule has 2 aromatic carbocycles. The standard InChI is InChI=1S/C22H22ClN3O3/c23-17-5-3-6-18(13-17)25-22(28)24-14-15-8-10-26(11-9-15)21(27)20-12-16-4-1-2-7-19(16)29-20/h1-7,12-13,15H,8-11,14H2,(H2,24,25,28). The summed E-state index contributed by atoms with van der Waals surface area (Å²) in [6, 6.07) is 16.2. The van der Waals surface area contributed by atoms with Crippen LogP contribution in [0.1, 0.15) is 23.4 Å². The maximum absolute atomic E-state index is 12.7. The minimum atomic E-state index is -0.256. The van der Waals surface area contributed by atoms with Crippen molar-refractivity contribution in [3.8, 4) is 0 Å². The van der Waals surface area contributed by atoms with Crippen LogP contribution in [0.5, 0.6) is 0 Å². The lowest BCUT2D eigenvalue weighted by Gasteiger charge is -2.31. The first-order valence-corrected chi connectivity index (χ1v) is 10.0. The Morgan fingerprint density at radius 3 is 2.62 bits per heavy atom. The van der Waals surface area contributed by atoms with E-state index in [0.29, 0.717) is 42.0 Å². The highest BCUT2D eigenvalue weighted by Gasteiger charge is 2.26. The second-order valence-electron chi connectivity index (χ2n) is 7.23. The molecule has 0 saturated carbocycles. The Bertz CT molecular complexity index is 992. The van der Waals surface area contributed by atoms with E-state index in [0.717, 1.165) is 23.8 Å². The van der Waals surface area contributed by atoms with E-state index < -0.39 is 0 Å². The third-order valence-electron chi connectivity index (χ3n) is 5.17. The third kappa shape index (κ3) is 4.71. The Kier molecular flexibility index (Phi) is 5.71. The van der Waals surface area contributed by atoms with E-state index in [1.807, 2.05) is 29.2 Å². The number of benzene rings is 2. The van der Waals surface area contributed by atoms with Gasteiger partial charge in [-0.2, -0.15) is 0 Å². The molecule has 150 valence electrons. The number of likely N-dealkylation sites (tertiary alicyclic amines) is 1. The number of amides is 3. The average molecular weight is 412 g/mol. The van der Waals surface area contributed by atoms with Crippen molar-refractivity contribution < 1.29 is 14.0 Å². The van der Waals surface area contributed by atoms with Gasteiger partial charge in [0, 0.05) is 35.7 Å². The Morgan fingerprint density at radius 1 is 1.07 bits per heavy atom. The van der Waals surface area contributed by atoms with Gasteiger partial charge < -0.3 is 20.0 Å². The van der Waals surface area contributed by atoms with Crippen LogP contribution < -0.4 is 10.6 Å². The van der Waals surface area contributed by atoms with Crippen LogP contribution in [0.2, 0.25) is 5.02 Å². The van der Waals surface area contributed by atoms with Gasteiger partial charge in [0.15, 0.2) is 5.76 Å². The number of hydrogen-bond donors (Lipinski definition) is 2. The fourth-order valence-corrected chi connectivity index (χ4v) is 3.75. The van der Waals surface area contributed by atoms with E-state index in [2.05, 4.69) is 10.6 Å². The van der Waals surface area contributed by atoms with Crippen molar-refractivity contribution in [1.29, 1.82) is 0 Å². The van der Waals surface area contributed by atoms with E-state index in [1.54, 1.807) is 30.3 Å². The lowest BCUT2D eigenvalue weighted by atomic mass is 9.96. The second-order valence-corrected chi connectivity index (χ2v) is 7.67. The van der Waals surface area contributed by atoms with Crippen molar-refractivity contribution in [2.75, 3.05) is 25.0 Å². The molecule has 0 aliphatic carbocycles. The van der Waals surface area contributed by atoms with Gasteiger partial charge in [-0.3, -0.25) is 4.79 Å². The van der Waals surface area contributed by atoms with Gasteiger partial charge >= 0.3 is 6.03 Å². The molecule has 0 unspecified atom stereocenters. The summed E-state index contributed by atoms with van der Waals surface area (Å²) in [5.74, 6) is 0.634. The van der Waals surface area contributed by atoms with E-state index in [-0.39, 0.29) is 11.9 Å². The van der Waals surface area contributed by atoms with Crippen LogP contribution >= 0.6 is 11.6 Å². The van der Waals surface area contributed by atoms with Crippen LogP contribution in [-0.4, -0.2) is 36.5 Å². The fourth-order valence-electron chi connectivity index (χ4n) is 3.56. The number of urea groups is 1. The number of para-hydroxylation sites is 1. The number of piperidine rings is 1. The largest absolute Gasteiger partial charge is 0.451 e. The van der Waals surface area contributed by atoms with Crippen molar-refractivity contribution in [1.82, 2.24) is 10.2 Å². The summed E-state index contributed by atoms with van der Waals surface area (Å²) >= 11 is 5.92. The van der Waals surface area contributed by atoms with Crippen LogP contribution in [0.15, 0.2) is 59.0 Å². The molecule has 1 saturated heterocycles. The molecule has 7 heteroatoms. The van der Waals surface area contributed by atoms with Gasteiger partial charge in [-0.25, -0.2) is 4.79 Å². The van der Waals surface area contributed by atoms with Crippen LogP contribution in [0.25, 0.3) is 11.0 Å². The monoisotopic (exact) mass is 411 g/mol. The normalized spacial score (nSPS) is 14.7. The van der Waals surface area contributed by atoms with Crippen molar-refractivity contribution in [2.24, 2.45) is 5.92 Å². The maximum Gasteiger partial charge on any atom is 0.319 e. The number of carbonyl (C=O) groups excluding carboxylic acids is 2. The number of fused-ring (bicyclic) bond motifs is 1. The Hall–Kier alpha value is -2.99. The minimum Gasteiger partial charge on any atom is -0.451 e. The quantitative estimate of drug-likeness (QED) is 0.650. The predicted molar refractivity (Wildman–Crippen MR) is 113 cm³/mol. The summed E-state index contributed by atoms with van der Waals surface area (Å²) in [6.07, 6.45) is 1.67. The van der Waals surface area contributed by atoms with Crippen LogP contribution in [-0.2, 0) is 0 Å². The third-order valence-corrected chi connectivity index (χ3v) is 5.41. The summed E-state index contributed by atoms with van der Waals surface area (Å²) in [7, 11) is 0. The van der Waals surface area contributed by atoms with E-state index in [9.17, 15) is 9.59 Å². The Morgan fingerprint density at radius 2 is 1.86 bits per heavy atom. The zero-order valence-corrected chi connectivity index (χ0v) is 16.6. The number of anilines is 1. The Balaban J connectivity index is 1.25.